The van der Waals surface area contributed by atoms with Gasteiger partial charge in [0, 0.05) is 13.2 Å². The Labute approximate surface area is 85.3 Å². The van der Waals surface area contributed by atoms with Crippen molar-refractivity contribution in [2.45, 2.75) is 43.9 Å². The second kappa shape index (κ2) is 6.35. The average Bonchev–Trinajstić information content (AvgIpc) is 2.52. The fourth-order valence-electron chi connectivity index (χ4n) is 1.89. The number of ether oxygens (including phenoxy) is 1. The number of rotatable bonds is 6. The molecule has 14 heavy (non-hydrogen) atoms. The van der Waals surface area contributed by atoms with Crippen LogP contribution in [-0.4, -0.2) is 48.7 Å². The number of aliphatic hydroxyl groups excluding tert-OH is 2. The van der Waals surface area contributed by atoms with E-state index in [0.717, 1.165) is 25.8 Å². The first kappa shape index (κ1) is 11.9. The highest BCUT2D eigenvalue weighted by atomic mass is 16.5. The van der Waals surface area contributed by atoms with Gasteiger partial charge in [0.2, 0.25) is 0 Å². The third-order valence-corrected chi connectivity index (χ3v) is 2.72. The zero-order valence-corrected chi connectivity index (χ0v) is 8.78. The topological polar surface area (TPSA) is 61.7 Å². The van der Waals surface area contributed by atoms with Crippen molar-refractivity contribution in [1.82, 2.24) is 5.32 Å². The van der Waals surface area contributed by atoms with Crippen LogP contribution in [0.1, 0.15) is 25.7 Å². The second-order valence-electron chi connectivity index (χ2n) is 3.96. The normalized spacial score (nSPS) is 29.4. The average molecular weight is 203 g/mol. The second-order valence-corrected chi connectivity index (χ2v) is 3.96. The van der Waals surface area contributed by atoms with E-state index < -0.39 is 6.10 Å². The molecule has 1 rings (SSSR count). The third kappa shape index (κ3) is 3.92. The van der Waals surface area contributed by atoms with Crippen molar-refractivity contribution in [1.29, 1.82) is 0 Å². The number of nitrogens with one attached hydrogen (secondary N) is 1. The van der Waals surface area contributed by atoms with Crippen LogP contribution in [-0.2, 0) is 4.74 Å². The summed E-state index contributed by atoms with van der Waals surface area (Å²) >= 11 is 0. The minimum absolute atomic E-state index is 0.199. The number of aliphatic hydroxyl groups is 2. The largest absolute Gasteiger partial charge is 0.392 e. The molecule has 0 saturated heterocycles. The number of methoxy groups -OCH3 is 1. The Kier molecular flexibility index (Phi) is 5.40. The summed E-state index contributed by atoms with van der Waals surface area (Å²) in [4.78, 5) is 0. The van der Waals surface area contributed by atoms with E-state index in [4.69, 9.17) is 4.74 Å². The van der Waals surface area contributed by atoms with Gasteiger partial charge in [0.05, 0.1) is 18.8 Å². The molecule has 0 bridgehead atoms. The van der Waals surface area contributed by atoms with Gasteiger partial charge in [-0.15, -0.1) is 0 Å². The van der Waals surface area contributed by atoms with Crippen molar-refractivity contribution in [3.63, 3.8) is 0 Å². The lowest BCUT2D eigenvalue weighted by Crippen LogP contribution is -2.37. The summed E-state index contributed by atoms with van der Waals surface area (Å²) in [5, 5.41) is 22.1. The Balaban J connectivity index is 2.03. The molecule has 0 aliphatic heterocycles. The summed E-state index contributed by atoms with van der Waals surface area (Å²) in [6.07, 6.45) is 3.12. The van der Waals surface area contributed by atoms with E-state index in [0.29, 0.717) is 13.0 Å². The first-order chi connectivity index (χ1) is 6.74. The van der Waals surface area contributed by atoms with E-state index in [-0.39, 0.29) is 12.1 Å². The Hall–Kier alpha value is -0.160. The van der Waals surface area contributed by atoms with Crippen LogP contribution in [0.3, 0.4) is 0 Å². The minimum Gasteiger partial charge on any atom is -0.392 e. The fourth-order valence-corrected chi connectivity index (χ4v) is 1.89. The van der Waals surface area contributed by atoms with Crippen LogP contribution in [0.5, 0.6) is 0 Å². The SMILES string of the molecule is COCC(O)CCNC1CCCC1O. The molecule has 3 atom stereocenters. The standard InChI is InChI=1S/C10H21NO3/c1-14-7-8(12)5-6-11-9-3-2-4-10(9)13/h8-13H,2-7H2,1H3. The third-order valence-electron chi connectivity index (χ3n) is 2.72. The van der Waals surface area contributed by atoms with Gasteiger partial charge in [-0.2, -0.15) is 0 Å². The van der Waals surface area contributed by atoms with Gasteiger partial charge < -0.3 is 20.3 Å². The number of hydrogen-bond donors (Lipinski definition) is 3. The monoisotopic (exact) mass is 203 g/mol. The Morgan fingerprint density at radius 2 is 2.29 bits per heavy atom. The highest BCUT2D eigenvalue weighted by molar-refractivity contribution is 4.82. The molecule has 0 aromatic rings. The van der Waals surface area contributed by atoms with E-state index in [1.54, 1.807) is 7.11 Å². The molecular weight excluding hydrogens is 182 g/mol. The maximum Gasteiger partial charge on any atom is 0.0785 e. The van der Waals surface area contributed by atoms with Gasteiger partial charge in [0.25, 0.3) is 0 Å². The molecule has 0 radical (unpaired) electrons. The lowest BCUT2D eigenvalue weighted by molar-refractivity contribution is 0.0575. The van der Waals surface area contributed by atoms with Gasteiger partial charge in [-0.3, -0.25) is 0 Å². The molecule has 0 aromatic carbocycles. The molecule has 0 aromatic heterocycles. The van der Waals surface area contributed by atoms with E-state index in [1.807, 2.05) is 0 Å². The molecule has 3 N–H and O–H groups in total. The molecule has 4 heteroatoms. The molecule has 1 aliphatic rings. The number of hydrogen-bond acceptors (Lipinski definition) is 4. The summed E-state index contributed by atoms with van der Waals surface area (Å²) in [6.45, 7) is 1.13. The Bertz CT molecular complexity index is 154. The summed E-state index contributed by atoms with van der Waals surface area (Å²) < 4.78 is 4.82. The lowest BCUT2D eigenvalue weighted by Gasteiger charge is -2.17. The molecule has 1 fully saturated rings. The van der Waals surface area contributed by atoms with Crippen molar-refractivity contribution in [2.75, 3.05) is 20.3 Å². The zero-order valence-electron chi connectivity index (χ0n) is 8.78. The summed E-state index contributed by atoms with van der Waals surface area (Å²) in [5.74, 6) is 0. The highest BCUT2D eigenvalue weighted by Crippen LogP contribution is 2.18. The van der Waals surface area contributed by atoms with E-state index in [1.165, 1.54) is 0 Å². The predicted octanol–water partition coefficient (Wildman–Crippen LogP) is -0.113. The fraction of sp³-hybridized carbons (Fsp3) is 1.00. The molecule has 1 aliphatic carbocycles. The zero-order chi connectivity index (χ0) is 10.4. The molecule has 1 saturated carbocycles. The summed E-state index contributed by atoms with van der Waals surface area (Å²) in [6, 6.07) is 0.227. The van der Waals surface area contributed by atoms with Crippen LogP contribution in [0, 0.1) is 0 Å². The van der Waals surface area contributed by atoms with Crippen molar-refractivity contribution in [3.05, 3.63) is 0 Å². The molecule has 0 amide bonds. The predicted molar refractivity (Wildman–Crippen MR) is 54.1 cm³/mol. The van der Waals surface area contributed by atoms with Crippen LogP contribution in [0.25, 0.3) is 0 Å². The van der Waals surface area contributed by atoms with Crippen LogP contribution >= 0.6 is 0 Å². The van der Waals surface area contributed by atoms with Crippen LogP contribution in [0.15, 0.2) is 0 Å². The first-order valence-electron chi connectivity index (χ1n) is 5.32. The van der Waals surface area contributed by atoms with Crippen LogP contribution in [0.4, 0.5) is 0 Å². The summed E-state index contributed by atoms with van der Waals surface area (Å²) in [5.41, 5.74) is 0. The Morgan fingerprint density at radius 1 is 1.50 bits per heavy atom. The van der Waals surface area contributed by atoms with Gasteiger partial charge in [0.1, 0.15) is 0 Å². The molecule has 84 valence electrons. The highest BCUT2D eigenvalue weighted by Gasteiger charge is 2.24. The molecule has 0 heterocycles. The quantitative estimate of drug-likeness (QED) is 0.563. The van der Waals surface area contributed by atoms with Gasteiger partial charge in [-0.05, 0) is 32.2 Å². The maximum absolute atomic E-state index is 9.51. The van der Waals surface area contributed by atoms with Crippen molar-refractivity contribution >= 4 is 0 Å². The van der Waals surface area contributed by atoms with Crippen molar-refractivity contribution < 1.29 is 14.9 Å². The van der Waals surface area contributed by atoms with E-state index in [9.17, 15) is 10.2 Å². The summed E-state index contributed by atoms with van der Waals surface area (Å²) in [7, 11) is 1.58. The lowest BCUT2D eigenvalue weighted by atomic mass is 10.2. The van der Waals surface area contributed by atoms with Gasteiger partial charge >= 0.3 is 0 Å². The van der Waals surface area contributed by atoms with Gasteiger partial charge in [0.15, 0.2) is 0 Å². The molecule has 0 spiro atoms. The van der Waals surface area contributed by atoms with Gasteiger partial charge in [-0.25, -0.2) is 0 Å². The van der Waals surface area contributed by atoms with Crippen LogP contribution < -0.4 is 5.32 Å². The molecule has 4 nitrogen and oxygen atoms in total. The van der Waals surface area contributed by atoms with E-state index >= 15 is 0 Å². The van der Waals surface area contributed by atoms with Crippen molar-refractivity contribution in [3.8, 4) is 0 Å². The first-order valence-corrected chi connectivity index (χ1v) is 5.32. The van der Waals surface area contributed by atoms with E-state index in [2.05, 4.69) is 5.32 Å². The molecular formula is C10H21NO3. The van der Waals surface area contributed by atoms with Gasteiger partial charge in [-0.1, -0.05) is 0 Å². The molecule has 3 unspecified atom stereocenters. The maximum atomic E-state index is 9.51. The van der Waals surface area contributed by atoms with Crippen LogP contribution in [0.2, 0.25) is 0 Å². The Morgan fingerprint density at radius 3 is 2.86 bits per heavy atom. The smallest absolute Gasteiger partial charge is 0.0785 e. The minimum atomic E-state index is -0.397. The van der Waals surface area contributed by atoms with Crippen molar-refractivity contribution in [2.24, 2.45) is 0 Å².